The van der Waals surface area contributed by atoms with Crippen LogP contribution in [0.2, 0.25) is 0 Å². The maximum atomic E-state index is 11.4. The Balaban J connectivity index is 0.000000318. The van der Waals surface area contributed by atoms with Gasteiger partial charge in [-0.05, 0) is 59.2 Å². The summed E-state index contributed by atoms with van der Waals surface area (Å²) in [5, 5.41) is 8.90. The molecule has 2 aromatic carbocycles. The maximum Gasteiger partial charge on any atom is 0.346 e. The summed E-state index contributed by atoms with van der Waals surface area (Å²) in [6.45, 7) is 21.8. The Labute approximate surface area is 191 Å². The SMILES string of the molecule is C=C(C)c1ccc(C(C)C)cc1.C=C(CO)CC(=C)c1ccc2c(c1)C(=O)OC2=O.CC. The van der Waals surface area contributed by atoms with Crippen LogP contribution in [0.25, 0.3) is 11.1 Å². The molecule has 2 aromatic rings. The molecule has 0 atom stereocenters. The van der Waals surface area contributed by atoms with Crippen LogP contribution in [0, 0.1) is 0 Å². The van der Waals surface area contributed by atoms with Gasteiger partial charge in [0.2, 0.25) is 0 Å². The third-order valence-electron chi connectivity index (χ3n) is 4.81. The smallest absolute Gasteiger partial charge is 0.346 e. The van der Waals surface area contributed by atoms with Gasteiger partial charge in [0.1, 0.15) is 0 Å². The number of carbonyl (C=O) groups is 2. The molecule has 0 aliphatic carbocycles. The van der Waals surface area contributed by atoms with Crippen LogP contribution in [0.1, 0.15) is 84.4 Å². The lowest BCUT2D eigenvalue weighted by Gasteiger charge is -2.07. The van der Waals surface area contributed by atoms with E-state index in [1.54, 1.807) is 18.2 Å². The number of aliphatic hydroxyl groups excluding tert-OH is 1. The molecule has 0 saturated carbocycles. The average molecular weight is 435 g/mol. The molecule has 4 nitrogen and oxygen atoms in total. The lowest BCUT2D eigenvalue weighted by molar-refractivity contribution is 0.0443. The van der Waals surface area contributed by atoms with Gasteiger partial charge in [-0.3, -0.25) is 0 Å². The van der Waals surface area contributed by atoms with E-state index in [1.807, 2.05) is 20.8 Å². The third kappa shape index (κ3) is 7.17. The first-order valence-electron chi connectivity index (χ1n) is 10.8. The van der Waals surface area contributed by atoms with E-state index in [9.17, 15) is 9.59 Å². The lowest BCUT2D eigenvalue weighted by atomic mass is 9.97. The zero-order valence-electron chi connectivity index (χ0n) is 19.8. The molecule has 0 saturated heterocycles. The van der Waals surface area contributed by atoms with Crippen molar-refractivity contribution in [2.45, 2.75) is 47.0 Å². The van der Waals surface area contributed by atoms with Crippen molar-refractivity contribution in [3.8, 4) is 0 Å². The summed E-state index contributed by atoms with van der Waals surface area (Å²) in [5.41, 5.74) is 6.38. The zero-order chi connectivity index (χ0) is 24.4. The van der Waals surface area contributed by atoms with E-state index in [4.69, 9.17) is 5.11 Å². The summed E-state index contributed by atoms with van der Waals surface area (Å²) < 4.78 is 4.50. The molecule has 3 rings (SSSR count). The van der Waals surface area contributed by atoms with Crippen molar-refractivity contribution in [3.63, 3.8) is 0 Å². The number of esters is 2. The van der Waals surface area contributed by atoms with Gasteiger partial charge in [0, 0.05) is 0 Å². The van der Waals surface area contributed by atoms with Crippen molar-refractivity contribution in [1.82, 2.24) is 0 Å². The number of rotatable bonds is 6. The van der Waals surface area contributed by atoms with E-state index in [0.717, 1.165) is 16.7 Å². The molecule has 0 unspecified atom stereocenters. The Kier molecular flexibility index (Phi) is 10.5. The fourth-order valence-corrected chi connectivity index (χ4v) is 2.92. The van der Waals surface area contributed by atoms with Gasteiger partial charge in [-0.25, -0.2) is 9.59 Å². The van der Waals surface area contributed by atoms with E-state index < -0.39 is 11.9 Å². The summed E-state index contributed by atoms with van der Waals surface area (Å²) >= 11 is 0. The first-order chi connectivity index (χ1) is 15.1. The monoisotopic (exact) mass is 434 g/mol. The van der Waals surface area contributed by atoms with Crippen LogP contribution < -0.4 is 0 Å². The minimum atomic E-state index is -0.634. The molecule has 1 heterocycles. The van der Waals surface area contributed by atoms with E-state index >= 15 is 0 Å². The van der Waals surface area contributed by atoms with Gasteiger partial charge in [0.25, 0.3) is 0 Å². The van der Waals surface area contributed by atoms with E-state index in [0.29, 0.717) is 17.9 Å². The van der Waals surface area contributed by atoms with Crippen molar-refractivity contribution in [3.05, 3.63) is 95.6 Å². The number of allylic oxidation sites excluding steroid dienone is 2. The number of ether oxygens (including phenoxy) is 1. The summed E-state index contributed by atoms with van der Waals surface area (Å²) in [4.78, 5) is 22.7. The van der Waals surface area contributed by atoms with Gasteiger partial charge in [-0.1, -0.05) is 83.3 Å². The molecule has 0 radical (unpaired) electrons. The van der Waals surface area contributed by atoms with Crippen molar-refractivity contribution in [2.75, 3.05) is 6.61 Å². The predicted octanol–water partition coefficient (Wildman–Crippen LogP) is 6.82. The summed E-state index contributed by atoms with van der Waals surface area (Å²) in [5.74, 6) is -0.637. The largest absolute Gasteiger partial charge is 0.392 e. The quantitative estimate of drug-likeness (QED) is 0.308. The molecule has 4 heteroatoms. The topological polar surface area (TPSA) is 63.6 Å². The first kappa shape index (κ1) is 26.8. The Morgan fingerprint density at radius 1 is 0.906 bits per heavy atom. The Hall–Kier alpha value is -3.24. The van der Waals surface area contributed by atoms with Crippen LogP contribution in [-0.2, 0) is 4.74 Å². The van der Waals surface area contributed by atoms with Crippen molar-refractivity contribution in [1.29, 1.82) is 0 Å². The molecule has 1 aliphatic rings. The van der Waals surface area contributed by atoms with E-state index in [1.165, 1.54) is 11.1 Å². The highest BCUT2D eigenvalue weighted by atomic mass is 16.6. The fraction of sp³-hybridized carbons (Fsp3) is 0.286. The Morgan fingerprint density at radius 2 is 1.44 bits per heavy atom. The van der Waals surface area contributed by atoms with Gasteiger partial charge in [-0.15, -0.1) is 0 Å². The molecule has 0 aromatic heterocycles. The summed E-state index contributed by atoms with van der Waals surface area (Å²) in [7, 11) is 0. The van der Waals surface area contributed by atoms with Crippen molar-refractivity contribution < 1.29 is 19.4 Å². The number of carbonyl (C=O) groups excluding carboxylic acids is 2. The van der Waals surface area contributed by atoms with Gasteiger partial charge in [0.05, 0.1) is 17.7 Å². The van der Waals surface area contributed by atoms with Crippen molar-refractivity contribution >= 4 is 23.1 Å². The van der Waals surface area contributed by atoms with Gasteiger partial charge in [0.15, 0.2) is 0 Å². The van der Waals surface area contributed by atoms with Gasteiger partial charge < -0.3 is 9.84 Å². The Morgan fingerprint density at radius 3 is 1.94 bits per heavy atom. The highest BCUT2D eigenvalue weighted by Gasteiger charge is 2.29. The van der Waals surface area contributed by atoms with Crippen LogP contribution in [0.3, 0.4) is 0 Å². The number of aliphatic hydroxyl groups is 1. The molecule has 0 spiro atoms. The van der Waals surface area contributed by atoms with E-state index in [2.05, 4.69) is 62.6 Å². The molecule has 1 aliphatic heterocycles. The molecule has 0 bridgehead atoms. The lowest BCUT2D eigenvalue weighted by Crippen LogP contribution is -1.97. The van der Waals surface area contributed by atoms with Crippen LogP contribution >= 0.6 is 0 Å². The second-order valence-electron chi connectivity index (χ2n) is 7.68. The number of hydrogen-bond acceptors (Lipinski definition) is 4. The molecule has 0 fully saturated rings. The summed E-state index contributed by atoms with van der Waals surface area (Å²) in [6.07, 6.45) is 0.443. The highest BCUT2D eigenvalue weighted by Crippen LogP contribution is 2.26. The minimum absolute atomic E-state index is 0.107. The molecule has 1 N–H and O–H groups in total. The summed E-state index contributed by atoms with van der Waals surface area (Å²) in [6, 6.07) is 13.4. The van der Waals surface area contributed by atoms with Gasteiger partial charge >= 0.3 is 11.9 Å². The van der Waals surface area contributed by atoms with Gasteiger partial charge in [-0.2, -0.15) is 0 Å². The maximum absolute atomic E-state index is 11.4. The highest BCUT2D eigenvalue weighted by molar-refractivity contribution is 6.15. The number of benzene rings is 2. The average Bonchev–Trinajstić information content (AvgIpc) is 3.08. The molecule has 0 amide bonds. The number of cyclic esters (lactones) is 2. The van der Waals surface area contributed by atoms with Crippen LogP contribution in [0.5, 0.6) is 0 Å². The normalized spacial score (nSPS) is 11.5. The molecular formula is C28H34O4. The Bertz CT molecular complexity index is 995. The molecule has 32 heavy (non-hydrogen) atoms. The first-order valence-corrected chi connectivity index (χ1v) is 10.8. The molecular weight excluding hydrogens is 400 g/mol. The number of fused-ring (bicyclic) bond motifs is 1. The number of hydrogen-bond donors (Lipinski definition) is 1. The zero-order valence-corrected chi connectivity index (χ0v) is 19.8. The minimum Gasteiger partial charge on any atom is -0.392 e. The fourth-order valence-electron chi connectivity index (χ4n) is 2.92. The van der Waals surface area contributed by atoms with Crippen LogP contribution in [0.15, 0.2) is 67.8 Å². The second-order valence-corrected chi connectivity index (χ2v) is 7.68. The second kappa shape index (κ2) is 12.6. The third-order valence-corrected chi connectivity index (χ3v) is 4.81. The van der Waals surface area contributed by atoms with Crippen LogP contribution in [0.4, 0.5) is 0 Å². The van der Waals surface area contributed by atoms with E-state index in [-0.39, 0.29) is 17.7 Å². The van der Waals surface area contributed by atoms with Crippen molar-refractivity contribution in [2.24, 2.45) is 0 Å². The van der Waals surface area contributed by atoms with Crippen LogP contribution in [-0.4, -0.2) is 23.7 Å². The molecule has 170 valence electrons. The predicted molar refractivity (Wildman–Crippen MR) is 133 cm³/mol. The standard InChI is InChI=1S/C14H12O4.C12H16.C2H6/c1-8(7-15)5-9(2)10-3-4-11-12(6-10)14(17)18-13(11)16;1-9(2)11-5-7-12(8-6-11)10(3)4;1-2/h3-4,6,15H,1-2,5,7H2;5-8,10H,1H2,2-4H3;1-2H3.